The Morgan fingerprint density at radius 2 is 1.46 bits per heavy atom. The quantitative estimate of drug-likeness (QED) is 0.615. The molecule has 13 heavy (non-hydrogen) atoms. The van der Waals surface area contributed by atoms with E-state index in [-0.39, 0.29) is 0 Å². The molecule has 0 heterocycles. The van der Waals surface area contributed by atoms with Gasteiger partial charge < -0.3 is 10.2 Å². The van der Waals surface area contributed by atoms with Crippen molar-refractivity contribution >= 4 is 11.9 Å². The predicted molar refractivity (Wildman–Crippen MR) is 49.5 cm³/mol. The number of carbonyl (C=O) groups is 2. The molecule has 0 rings (SSSR count). The van der Waals surface area contributed by atoms with Gasteiger partial charge in [-0.1, -0.05) is 6.08 Å². The van der Waals surface area contributed by atoms with Crippen LogP contribution in [-0.4, -0.2) is 22.2 Å². The molecule has 0 saturated carbocycles. The average Bonchev–Trinajstić information content (AvgIpc) is 1.85. The Morgan fingerprint density at radius 3 is 1.46 bits per heavy atom. The molecule has 0 bridgehead atoms. The Morgan fingerprint density at radius 1 is 1.15 bits per heavy atom. The SMILES string of the molecule is CC(C)(C)C(=O)O.CC=CC(=O)O. The summed E-state index contributed by atoms with van der Waals surface area (Å²) < 4.78 is 0. The fourth-order valence-corrected chi connectivity index (χ4v) is 0.143. The molecule has 4 nitrogen and oxygen atoms in total. The summed E-state index contributed by atoms with van der Waals surface area (Å²) in [4.78, 5) is 19.5. The largest absolute Gasteiger partial charge is 0.481 e. The maximum atomic E-state index is 10.0. The van der Waals surface area contributed by atoms with Gasteiger partial charge in [-0.2, -0.15) is 0 Å². The minimum absolute atomic E-state index is 0.583. The second-order valence-corrected chi connectivity index (χ2v) is 3.39. The van der Waals surface area contributed by atoms with Crippen molar-refractivity contribution in [3.05, 3.63) is 12.2 Å². The van der Waals surface area contributed by atoms with Crippen LogP contribution in [0.4, 0.5) is 0 Å². The van der Waals surface area contributed by atoms with Gasteiger partial charge in [-0.3, -0.25) is 4.79 Å². The summed E-state index contributed by atoms with van der Waals surface area (Å²) in [6.45, 7) is 6.65. The molecule has 0 aromatic carbocycles. The number of carboxylic acids is 2. The number of aliphatic carboxylic acids is 2. The van der Waals surface area contributed by atoms with E-state index in [1.807, 2.05) is 0 Å². The van der Waals surface area contributed by atoms with Crippen molar-refractivity contribution in [2.45, 2.75) is 27.7 Å². The number of allylic oxidation sites excluding steroid dienone is 1. The van der Waals surface area contributed by atoms with E-state index >= 15 is 0 Å². The Balaban J connectivity index is 0. The van der Waals surface area contributed by atoms with E-state index < -0.39 is 17.4 Å². The van der Waals surface area contributed by atoms with E-state index in [2.05, 4.69) is 0 Å². The summed E-state index contributed by atoms with van der Waals surface area (Å²) in [5, 5.41) is 16.1. The Hall–Kier alpha value is -1.32. The predicted octanol–water partition coefficient (Wildman–Crippen LogP) is 1.76. The molecule has 0 atom stereocenters. The maximum Gasteiger partial charge on any atom is 0.327 e. The summed E-state index contributed by atoms with van der Waals surface area (Å²) in [5.41, 5.74) is -0.583. The van der Waals surface area contributed by atoms with Crippen molar-refractivity contribution in [1.82, 2.24) is 0 Å². The first kappa shape index (κ1) is 14.2. The lowest BCUT2D eigenvalue weighted by Gasteiger charge is -2.08. The fourth-order valence-electron chi connectivity index (χ4n) is 0.143. The van der Waals surface area contributed by atoms with Crippen LogP contribution in [0.25, 0.3) is 0 Å². The van der Waals surface area contributed by atoms with Crippen LogP contribution in [0.3, 0.4) is 0 Å². The van der Waals surface area contributed by atoms with Crippen LogP contribution in [0.15, 0.2) is 12.2 Å². The third-order valence-electron chi connectivity index (χ3n) is 0.951. The van der Waals surface area contributed by atoms with Gasteiger partial charge in [0.25, 0.3) is 0 Å². The molecular formula is C9H16O4. The van der Waals surface area contributed by atoms with Crippen molar-refractivity contribution < 1.29 is 19.8 Å². The van der Waals surface area contributed by atoms with Crippen molar-refractivity contribution in [1.29, 1.82) is 0 Å². The number of rotatable bonds is 1. The van der Waals surface area contributed by atoms with E-state index in [4.69, 9.17) is 10.2 Å². The van der Waals surface area contributed by atoms with Crippen LogP contribution in [0.2, 0.25) is 0 Å². The molecule has 0 aliphatic carbocycles. The highest BCUT2D eigenvalue weighted by Gasteiger charge is 2.18. The maximum absolute atomic E-state index is 10.0. The standard InChI is InChI=1S/C5H10O2.C4H6O2/c1-5(2,3)4(6)7;1-2-3-4(5)6/h1-3H3,(H,6,7);2-3H,1H3,(H,5,6). The summed E-state index contributed by atoms with van der Waals surface area (Å²) in [6, 6.07) is 0. The average molecular weight is 188 g/mol. The topological polar surface area (TPSA) is 74.6 Å². The molecule has 0 aromatic rings. The van der Waals surface area contributed by atoms with E-state index in [0.29, 0.717) is 0 Å². The highest BCUT2D eigenvalue weighted by molar-refractivity contribution is 5.79. The Kier molecular flexibility index (Phi) is 6.81. The highest BCUT2D eigenvalue weighted by Crippen LogP contribution is 2.11. The minimum atomic E-state index is -0.891. The van der Waals surface area contributed by atoms with E-state index in [1.165, 1.54) is 6.08 Å². The molecule has 0 aliphatic rings. The van der Waals surface area contributed by atoms with Gasteiger partial charge in [-0.15, -0.1) is 0 Å². The second kappa shape index (κ2) is 6.22. The van der Waals surface area contributed by atoms with Crippen molar-refractivity contribution in [3.8, 4) is 0 Å². The molecule has 0 spiro atoms. The van der Waals surface area contributed by atoms with Crippen LogP contribution in [0, 0.1) is 5.41 Å². The first-order valence-corrected chi connectivity index (χ1v) is 3.80. The van der Waals surface area contributed by atoms with Gasteiger partial charge in [0.1, 0.15) is 0 Å². The zero-order valence-corrected chi connectivity index (χ0v) is 8.37. The molecular weight excluding hydrogens is 172 g/mol. The highest BCUT2D eigenvalue weighted by atomic mass is 16.4. The minimum Gasteiger partial charge on any atom is -0.481 e. The third kappa shape index (κ3) is 13.6. The van der Waals surface area contributed by atoms with Crippen LogP contribution < -0.4 is 0 Å². The van der Waals surface area contributed by atoms with Gasteiger partial charge in [-0.05, 0) is 27.7 Å². The summed E-state index contributed by atoms with van der Waals surface area (Å²) in [6.07, 6.45) is 2.56. The summed E-state index contributed by atoms with van der Waals surface area (Å²) in [7, 11) is 0. The summed E-state index contributed by atoms with van der Waals surface area (Å²) >= 11 is 0. The molecule has 0 fully saturated rings. The number of carboxylic acid groups (broad SMARTS) is 2. The zero-order valence-electron chi connectivity index (χ0n) is 8.37. The van der Waals surface area contributed by atoms with Crippen LogP contribution >= 0.6 is 0 Å². The lowest BCUT2D eigenvalue weighted by molar-refractivity contribution is -0.145. The van der Waals surface area contributed by atoms with Gasteiger partial charge in [0.05, 0.1) is 5.41 Å². The van der Waals surface area contributed by atoms with Gasteiger partial charge in [0.15, 0.2) is 0 Å². The van der Waals surface area contributed by atoms with E-state index in [9.17, 15) is 9.59 Å². The van der Waals surface area contributed by atoms with Gasteiger partial charge in [-0.25, -0.2) is 4.79 Å². The van der Waals surface area contributed by atoms with E-state index in [0.717, 1.165) is 6.08 Å². The lowest BCUT2D eigenvalue weighted by Crippen LogP contribution is -2.18. The zero-order chi connectivity index (χ0) is 11.1. The van der Waals surface area contributed by atoms with Crippen molar-refractivity contribution in [2.24, 2.45) is 5.41 Å². The number of hydrogen-bond donors (Lipinski definition) is 2. The smallest absolute Gasteiger partial charge is 0.327 e. The molecule has 0 saturated heterocycles. The Bertz CT molecular complexity index is 198. The molecule has 76 valence electrons. The van der Waals surface area contributed by atoms with Crippen LogP contribution in [-0.2, 0) is 9.59 Å². The molecule has 0 radical (unpaired) electrons. The molecule has 0 aliphatic heterocycles. The number of hydrogen-bond acceptors (Lipinski definition) is 2. The van der Waals surface area contributed by atoms with Crippen LogP contribution in [0.1, 0.15) is 27.7 Å². The van der Waals surface area contributed by atoms with Crippen LogP contribution in [0.5, 0.6) is 0 Å². The van der Waals surface area contributed by atoms with E-state index in [1.54, 1.807) is 27.7 Å². The molecule has 0 amide bonds. The van der Waals surface area contributed by atoms with Gasteiger partial charge >= 0.3 is 11.9 Å². The fraction of sp³-hybridized carbons (Fsp3) is 0.556. The second-order valence-electron chi connectivity index (χ2n) is 3.39. The normalized spacial score (nSPS) is 10.5. The Labute approximate surface area is 77.9 Å². The van der Waals surface area contributed by atoms with Crippen molar-refractivity contribution in [3.63, 3.8) is 0 Å². The van der Waals surface area contributed by atoms with Crippen molar-refractivity contribution in [2.75, 3.05) is 0 Å². The first-order valence-electron chi connectivity index (χ1n) is 3.80. The molecule has 0 unspecified atom stereocenters. The van der Waals surface area contributed by atoms with Gasteiger partial charge in [0.2, 0.25) is 0 Å². The lowest BCUT2D eigenvalue weighted by atomic mass is 9.98. The summed E-state index contributed by atoms with van der Waals surface area (Å²) in [5.74, 6) is -1.65. The first-order chi connectivity index (χ1) is 5.71. The molecule has 0 aromatic heterocycles. The molecule has 2 N–H and O–H groups in total. The monoisotopic (exact) mass is 188 g/mol. The van der Waals surface area contributed by atoms with Gasteiger partial charge in [0, 0.05) is 6.08 Å². The third-order valence-corrected chi connectivity index (χ3v) is 0.951. The molecule has 4 heteroatoms.